The number of nitrogens with zero attached hydrogens (tertiary/aromatic N) is 2. The summed E-state index contributed by atoms with van der Waals surface area (Å²) in [5.41, 5.74) is 2.07. The number of carbonyl (C=O) groups is 1. The minimum absolute atomic E-state index is 0.188. The molecule has 0 amide bonds. The summed E-state index contributed by atoms with van der Waals surface area (Å²) in [5.74, 6) is -0.756. The van der Waals surface area contributed by atoms with Crippen molar-refractivity contribution in [1.82, 2.24) is 9.78 Å². The fraction of sp³-hybridized carbons (Fsp3) is 0.333. The van der Waals surface area contributed by atoms with E-state index in [9.17, 15) is 4.79 Å². The van der Waals surface area contributed by atoms with Crippen LogP contribution in [-0.4, -0.2) is 20.9 Å². The van der Waals surface area contributed by atoms with E-state index in [2.05, 4.69) is 5.10 Å². The van der Waals surface area contributed by atoms with E-state index in [1.807, 2.05) is 35.9 Å². The molecule has 0 unspecified atom stereocenters. The van der Waals surface area contributed by atoms with Crippen LogP contribution in [0, 0.1) is 6.92 Å². The molecule has 0 aliphatic carbocycles. The number of carboxylic acids is 1. The van der Waals surface area contributed by atoms with Crippen LogP contribution in [0.1, 0.15) is 18.5 Å². The number of aromatic nitrogens is 2. The Hall–Kier alpha value is -1.84. The molecule has 0 saturated heterocycles. The maximum atomic E-state index is 10.4. The summed E-state index contributed by atoms with van der Waals surface area (Å²) >= 11 is 0. The van der Waals surface area contributed by atoms with Gasteiger partial charge in [-0.1, -0.05) is 18.2 Å². The Morgan fingerprint density at radius 1 is 1.44 bits per heavy atom. The largest absolute Gasteiger partial charge is 0.481 e. The molecule has 16 heavy (non-hydrogen) atoms. The minimum atomic E-state index is -0.756. The van der Waals surface area contributed by atoms with Gasteiger partial charge < -0.3 is 5.11 Å². The summed E-state index contributed by atoms with van der Waals surface area (Å²) in [4.78, 5) is 10.4. The molecule has 0 aliphatic rings. The van der Waals surface area contributed by atoms with Crippen molar-refractivity contribution in [2.24, 2.45) is 0 Å². The maximum absolute atomic E-state index is 10.4. The van der Waals surface area contributed by atoms with E-state index in [0.29, 0.717) is 13.0 Å². The van der Waals surface area contributed by atoms with Gasteiger partial charge in [-0.2, -0.15) is 5.10 Å². The average Bonchev–Trinajstić information content (AvgIpc) is 2.57. The molecule has 2 rings (SSSR count). The molecule has 84 valence electrons. The lowest BCUT2D eigenvalue weighted by Crippen LogP contribution is -2.03. The van der Waals surface area contributed by atoms with E-state index in [-0.39, 0.29) is 6.42 Å². The van der Waals surface area contributed by atoms with Crippen LogP contribution in [0.5, 0.6) is 0 Å². The van der Waals surface area contributed by atoms with Crippen molar-refractivity contribution in [3.05, 3.63) is 30.0 Å². The fourth-order valence-corrected chi connectivity index (χ4v) is 1.84. The molecule has 0 atom stereocenters. The molecule has 2 aromatic rings. The quantitative estimate of drug-likeness (QED) is 0.856. The molecule has 0 saturated carbocycles. The first-order chi connectivity index (χ1) is 7.68. The predicted octanol–water partition coefficient (Wildman–Crippen LogP) is 2.21. The summed E-state index contributed by atoms with van der Waals surface area (Å²) in [5, 5.41) is 14.1. The first kappa shape index (κ1) is 10.7. The second-order valence-electron chi connectivity index (χ2n) is 3.82. The van der Waals surface area contributed by atoms with Crippen LogP contribution >= 0.6 is 0 Å². The molecule has 1 aromatic carbocycles. The lowest BCUT2D eigenvalue weighted by Gasteiger charge is -2.01. The second-order valence-corrected chi connectivity index (χ2v) is 3.82. The Kier molecular flexibility index (Phi) is 2.90. The molecule has 1 heterocycles. The average molecular weight is 218 g/mol. The Balaban J connectivity index is 2.21. The molecular weight excluding hydrogens is 204 g/mol. The van der Waals surface area contributed by atoms with E-state index in [0.717, 1.165) is 16.6 Å². The molecule has 0 aliphatic heterocycles. The number of hydrogen-bond donors (Lipinski definition) is 1. The second kappa shape index (κ2) is 4.35. The van der Waals surface area contributed by atoms with Gasteiger partial charge in [0, 0.05) is 18.4 Å². The topological polar surface area (TPSA) is 55.1 Å². The molecule has 0 fully saturated rings. The number of para-hydroxylation sites is 1. The summed E-state index contributed by atoms with van der Waals surface area (Å²) in [6.45, 7) is 2.62. The minimum Gasteiger partial charge on any atom is -0.481 e. The zero-order valence-electron chi connectivity index (χ0n) is 9.18. The molecule has 4 nitrogen and oxygen atoms in total. The van der Waals surface area contributed by atoms with Crippen molar-refractivity contribution < 1.29 is 9.90 Å². The van der Waals surface area contributed by atoms with E-state index >= 15 is 0 Å². The summed E-state index contributed by atoms with van der Waals surface area (Å²) in [7, 11) is 0. The SMILES string of the molecule is Cc1nn(CCCC(=O)O)c2ccccc12. The highest BCUT2D eigenvalue weighted by Gasteiger charge is 2.06. The Morgan fingerprint density at radius 2 is 2.19 bits per heavy atom. The molecule has 4 heteroatoms. The monoisotopic (exact) mass is 218 g/mol. The zero-order chi connectivity index (χ0) is 11.5. The fourth-order valence-electron chi connectivity index (χ4n) is 1.84. The number of aryl methyl sites for hydroxylation is 2. The standard InChI is InChI=1S/C12H14N2O2/c1-9-10-5-2-3-6-11(10)14(13-9)8-4-7-12(15)16/h2-3,5-6H,4,7-8H2,1H3,(H,15,16). The number of carboxylic acid groups (broad SMARTS) is 1. The van der Waals surface area contributed by atoms with Crippen LogP contribution in [0.2, 0.25) is 0 Å². The number of rotatable bonds is 4. The molecule has 1 N–H and O–H groups in total. The van der Waals surface area contributed by atoms with Gasteiger partial charge in [-0.15, -0.1) is 0 Å². The van der Waals surface area contributed by atoms with Crippen LogP contribution in [0.25, 0.3) is 10.9 Å². The number of hydrogen-bond acceptors (Lipinski definition) is 2. The predicted molar refractivity (Wildman–Crippen MR) is 61.3 cm³/mol. The van der Waals surface area contributed by atoms with Crippen molar-refractivity contribution in [2.45, 2.75) is 26.3 Å². The van der Waals surface area contributed by atoms with Gasteiger partial charge in [0.05, 0.1) is 11.2 Å². The van der Waals surface area contributed by atoms with Crippen LogP contribution in [0.4, 0.5) is 0 Å². The van der Waals surface area contributed by atoms with Gasteiger partial charge in [-0.3, -0.25) is 9.48 Å². The molecule has 0 radical (unpaired) electrons. The van der Waals surface area contributed by atoms with E-state index in [4.69, 9.17) is 5.11 Å². The van der Waals surface area contributed by atoms with Crippen LogP contribution in [-0.2, 0) is 11.3 Å². The Labute approximate surface area is 93.5 Å². The summed E-state index contributed by atoms with van der Waals surface area (Å²) in [6.07, 6.45) is 0.799. The third kappa shape index (κ3) is 2.05. The molecule has 0 spiro atoms. The van der Waals surface area contributed by atoms with Crippen LogP contribution < -0.4 is 0 Å². The van der Waals surface area contributed by atoms with Gasteiger partial charge in [0.25, 0.3) is 0 Å². The Bertz CT molecular complexity index is 517. The molecular formula is C12H14N2O2. The normalized spacial score (nSPS) is 10.8. The number of benzene rings is 1. The maximum Gasteiger partial charge on any atom is 0.303 e. The van der Waals surface area contributed by atoms with Gasteiger partial charge >= 0.3 is 5.97 Å². The van der Waals surface area contributed by atoms with Crippen molar-refractivity contribution in [1.29, 1.82) is 0 Å². The van der Waals surface area contributed by atoms with Crippen molar-refractivity contribution in [3.8, 4) is 0 Å². The van der Waals surface area contributed by atoms with E-state index in [1.165, 1.54) is 0 Å². The first-order valence-electron chi connectivity index (χ1n) is 5.32. The Morgan fingerprint density at radius 3 is 2.94 bits per heavy atom. The molecule has 0 bridgehead atoms. The highest BCUT2D eigenvalue weighted by atomic mass is 16.4. The lowest BCUT2D eigenvalue weighted by atomic mass is 10.2. The number of aliphatic carboxylic acids is 1. The highest BCUT2D eigenvalue weighted by Crippen LogP contribution is 2.17. The summed E-state index contributed by atoms with van der Waals surface area (Å²) in [6, 6.07) is 8.00. The third-order valence-corrected chi connectivity index (χ3v) is 2.60. The van der Waals surface area contributed by atoms with Gasteiger partial charge in [0.15, 0.2) is 0 Å². The zero-order valence-corrected chi connectivity index (χ0v) is 9.18. The molecule has 1 aromatic heterocycles. The third-order valence-electron chi connectivity index (χ3n) is 2.60. The van der Waals surface area contributed by atoms with Gasteiger partial charge in [-0.05, 0) is 19.4 Å². The van der Waals surface area contributed by atoms with Crippen LogP contribution in [0.15, 0.2) is 24.3 Å². The number of fused-ring (bicyclic) bond motifs is 1. The van der Waals surface area contributed by atoms with Crippen LogP contribution in [0.3, 0.4) is 0 Å². The van der Waals surface area contributed by atoms with Gasteiger partial charge in [-0.25, -0.2) is 0 Å². The smallest absolute Gasteiger partial charge is 0.303 e. The van der Waals surface area contributed by atoms with Crippen molar-refractivity contribution >= 4 is 16.9 Å². The van der Waals surface area contributed by atoms with Crippen molar-refractivity contribution in [3.63, 3.8) is 0 Å². The van der Waals surface area contributed by atoms with Crippen molar-refractivity contribution in [2.75, 3.05) is 0 Å². The highest BCUT2D eigenvalue weighted by molar-refractivity contribution is 5.81. The van der Waals surface area contributed by atoms with E-state index in [1.54, 1.807) is 0 Å². The summed E-state index contributed by atoms with van der Waals surface area (Å²) < 4.78 is 1.88. The van der Waals surface area contributed by atoms with Gasteiger partial charge in [0.2, 0.25) is 0 Å². The van der Waals surface area contributed by atoms with Gasteiger partial charge in [0.1, 0.15) is 0 Å². The van der Waals surface area contributed by atoms with E-state index < -0.39 is 5.97 Å². The first-order valence-corrected chi connectivity index (χ1v) is 5.32. The lowest BCUT2D eigenvalue weighted by molar-refractivity contribution is -0.137.